The van der Waals surface area contributed by atoms with E-state index in [4.69, 9.17) is 0 Å². The lowest BCUT2D eigenvalue weighted by atomic mass is 9.51. The number of hydrogen-bond donors (Lipinski definition) is 2. The molecule has 4 nitrogen and oxygen atoms in total. The Kier molecular flexibility index (Phi) is 6.16. The standard InChI is InChI=1S/C28H46NO3.HI/c1-16-5-8-26-28(3,32)22-7-6-18-19(21(22)15-29(26,4)14-16)12-23-20(18)13-25(31)24-11-17(30)9-10-27(23,24)2;/h16-24,26,30,32H,5-15H2,1-4H3;1H/q+1;/p-1/t16-,17-,18?,19?,20?,21?,22?,23?,24?,26?,27+,28-,29?;/m0./s1. The number of carbonyl (C=O) groups is 1. The molecule has 13 atom stereocenters. The first-order valence-corrected chi connectivity index (χ1v) is 13.8. The lowest BCUT2D eigenvalue weighted by Gasteiger charge is -2.62. The van der Waals surface area contributed by atoms with E-state index in [0.29, 0.717) is 53.8 Å². The number of quaternary nitrogens is 1. The summed E-state index contributed by atoms with van der Waals surface area (Å²) in [6.45, 7) is 9.44. The summed E-state index contributed by atoms with van der Waals surface area (Å²) in [5, 5.41) is 22.3. The van der Waals surface area contributed by atoms with Gasteiger partial charge in [-0.3, -0.25) is 4.79 Å². The van der Waals surface area contributed by atoms with Crippen molar-refractivity contribution in [1.29, 1.82) is 0 Å². The first-order valence-electron chi connectivity index (χ1n) is 13.8. The first-order chi connectivity index (χ1) is 15.0. The van der Waals surface area contributed by atoms with E-state index in [1.807, 2.05) is 0 Å². The summed E-state index contributed by atoms with van der Waals surface area (Å²) in [6.07, 6.45) is 9.13. The van der Waals surface area contributed by atoms with Crippen LogP contribution in [0.1, 0.15) is 78.6 Å². The van der Waals surface area contributed by atoms with E-state index < -0.39 is 5.60 Å². The maximum atomic E-state index is 13.3. The van der Waals surface area contributed by atoms with E-state index in [2.05, 4.69) is 27.8 Å². The Morgan fingerprint density at radius 2 is 1.67 bits per heavy atom. The van der Waals surface area contributed by atoms with Gasteiger partial charge in [-0.2, -0.15) is 0 Å². The van der Waals surface area contributed by atoms with Crippen LogP contribution in [0.4, 0.5) is 0 Å². The van der Waals surface area contributed by atoms with Crippen LogP contribution >= 0.6 is 0 Å². The average Bonchev–Trinajstić information content (AvgIpc) is 3.08. The summed E-state index contributed by atoms with van der Waals surface area (Å²) in [4.78, 5) is 13.3. The Labute approximate surface area is 217 Å². The summed E-state index contributed by atoms with van der Waals surface area (Å²) in [6, 6.07) is 0.392. The molecule has 0 amide bonds. The number of hydrogen-bond acceptors (Lipinski definition) is 3. The van der Waals surface area contributed by atoms with E-state index in [9.17, 15) is 15.0 Å². The molecule has 0 spiro atoms. The highest BCUT2D eigenvalue weighted by atomic mass is 127. The van der Waals surface area contributed by atoms with Crippen LogP contribution in [0.3, 0.4) is 0 Å². The molecule has 4 aliphatic carbocycles. The molecule has 0 bridgehead atoms. The summed E-state index contributed by atoms with van der Waals surface area (Å²) in [5.41, 5.74) is -0.475. The Hall–Kier alpha value is 0.280. The first kappa shape index (κ1) is 25.0. The average molecular weight is 572 g/mol. The van der Waals surface area contributed by atoms with Crippen LogP contribution in [-0.4, -0.2) is 58.4 Å². The van der Waals surface area contributed by atoms with Crippen LogP contribution in [0.25, 0.3) is 0 Å². The normalized spacial score (nSPS) is 59.9. The molecule has 4 saturated carbocycles. The number of halogens is 1. The number of aliphatic hydroxyl groups excluding tert-OH is 1. The van der Waals surface area contributed by atoms with E-state index in [-0.39, 0.29) is 41.4 Å². The van der Waals surface area contributed by atoms with Crippen LogP contribution in [0.5, 0.6) is 0 Å². The molecule has 0 radical (unpaired) electrons. The Bertz CT molecular complexity index is 797. The van der Waals surface area contributed by atoms with E-state index in [1.165, 1.54) is 38.8 Å². The zero-order valence-electron chi connectivity index (χ0n) is 21.2. The van der Waals surface area contributed by atoms with Crippen molar-refractivity contribution in [3.05, 3.63) is 0 Å². The van der Waals surface area contributed by atoms with Gasteiger partial charge >= 0.3 is 0 Å². The van der Waals surface area contributed by atoms with Crippen LogP contribution in [-0.2, 0) is 4.79 Å². The Balaban J connectivity index is 0.00000228. The monoisotopic (exact) mass is 571 g/mol. The molecule has 2 saturated heterocycles. The topological polar surface area (TPSA) is 57.5 Å². The number of carbonyl (C=O) groups excluding carboxylic acids is 1. The minimum Gasteiger partial charge on any atom is -1.00 e. The van der Waals surface area contributed by atoms with Gasteiger partial charge in [0.15, 0.2) is 0 Å². The Morgan fingerprint density at radius 3 is 2.42 bits per heavy atom. The molecule has 2 N–H and O–H groups in total. The fraction of sp³-hybridized carbons (Fsp3) is 0.964. The number of piperidine rings is 2. The summed E-state index contributed by atoms with van der Waals surface area (Å²) in [5.74, 6) is 4.87. The molecule has 2 aliphatic heterocycles. The molecule has 6 rings (SSSR count). The summed E-state index contributed by atoms with van der Waals surface area (Å²) < 4.78 is 1.07. The smallest absolute Gasteiger partial charge is 0.136 e. The summed E-state index contributed by atoms with van der Waals surface area (Å²) in [7, 11) is 2.44. The molecular weight excluding hydrogens is 525 g/mol. The maximum Gasteiger partial charge on any atom is 0.136 e. The van der Waals surface area contributed by atoms with Gasteiger partial charge in [-0.15, -0.1) is 0 Å². The zero-order chi connectivity index (χ0) is 22.6. The number of nitrogens with zero attached hydrogens (tertiary/aromatic N) is 1. The van der Waals surface area contributed by atoms with E-state index in [0.717, 1.165) is 36.1 Å². The Morgan fingerprint density at radius 1 is 0.909 bits per heavy atom. The highest BCUT2D eigenvalue weighted by molar-refractivity contribution is 5.83. The molecule has 6 fully saturated rings. The zero-order valence-corrected chi connectivity index (χ0v) is 23.3. The number of fused-ring (bicyclic) bond motifs is 8. The maximum absolute atomic E-state index is 13.3. The van der Waals surface area contributed by atoms with Crippen LogP contribution in [0.15, 0.2) is 0 Å². The van der Waals surface area contributed by atoms with Crippen LogP contribution < -0.4 is 24.0 Å². The van der Waals surface area contributed by atoms with Gasteiger partial charge in [-0.1, -0.05) is 13.8 Å². The van der Waals surface area contributed by atoms with E-state index in [1.54, 1.807) is 0 Å². The highest BCUT2D eigenvalue weighted by Crippen LogP contribution is 2.67. The lowest BCUT2D eigenvalue weighted by molar-refractivity contribution is -0.959. The fourth-order valence-corrected chi connectivity index (χ4v) is 11.3. The molecule has 0 aromatic carbocycles. The second-order valence-corrected chi connectivity index (χ2v) is 14.1. The quantitative estimate of drug-likeness (QED) is 0.338. The third-order valence-corrected chi connectivity index (χ3v) is 12.5. The number of likely N-dealkylation sites (N-methyl/N-ethyl adjacent to an activating group) is 1. The van der Waals surface area contributed by atoms with Crippen molar-refractivity contribution in [2.75, 3.05) is 20.1 Å². The second kappa shape index (κ2) is 8.14. The molecule has 0 aromatic heterocycles. The van der Waals surface area contributed by atoms with Gasteiger partial charge in [0.25, 0.3) is 0 Å². The van der Waals surface area contributed by atoms with Crippen molar-refractivity contribution in [1.82, 2.24) is 0 Å². The van der Waals surface area contributed by atoms with Crippen molar-refractivity contribution in [2.45, 2.75) is 96.3 Å². The number of aliphatic hydroxyl groups is 2. The number of ketones is 1. The lowest BCUT2D eigenvalue weighted by Crippen LogP contribution is -3.00. The van der Waals surface area contributed by atoms with Crippen molar-refractivity contribution in [3.8, 4) is 0 Å². The van der Waals surface area contributed by atoms with Gasteiger partial charge in [0.1, 0.15) is 17.4 Å². The van der Waals surface area contributed by atoms with Gasteiger partial charge in [0, 0.05) is 36.5 Å². The molecule has 9 unspecified atom stereocenters. The van der Waals surface area contributed by atoms with Crippen LogP contribution in [0, 0.1) is 52.8 Å². The van der Waals surface area contributed by atoms with Gasteiger partial charge < -0.3 is 38.7 Å². The molecule has 33 heavy (non-hydrogen) atoms. The molecule has 5 heteroatoms. The molecule has 2 heterocycles. The SMILES string of the molecule is C[C@H]1CCC2[C@@](C)(O)C3CCC4C(CC5C4CC(=O)C4C[C@@H](O)CC[C@@]45C)C3C[N+]2(C)C1.[I-]. The summed E-state index contributed by atoms with van der Waals surface area (Å²) >= 11 is 0. The van der Waals surface area contributed by atoms with Gasteiger partial charge in [-0.05, 0) is 81.0 Å². The molecule has 188 valence electrons. The van der Waals surface area contributed by atoms with Gasteiger partial charge in [0.2, 0.25) is 0 Å². The molecule has 0 aromatic rings. The predicted molar refractivity (Wildman–Crippen MR) is 125 cm³/mol. The molecule has 6 aliphatic rings. The minimum absolute atomic E-state index is 0. The third-order valence-electron chi connectivity index (χ3n) is 12.5. The third kappa shape index (κ3) is 3.48. The van der Waals surface area contributed by atoms with Crippen LogP contribution in [0.2, 0.25) is 0 Å². The number of Topliss-reactive ketones (excluding diaryl/α,β-unsaturated/α-hetero) is 1. The van der Waals surface area contributed by atoms with Crippen molar-refractivity contribution in [2.24, 2.45) is 52.8 Å². The van der Waals surface area contributed by atoms with Crippen molar-refractivity contribution < 1.29 is 43.5 Å². The molecular formula is C28H46INO3. The fourth-order valence-electron chi connectivity index (χ4n) is 11.3. The highest BCUT2D eigenvalue weighted by Gasteiger charge is 2.67. The number of rotatable bonds is 0. The van der Waals surface area contributed by atoms with E-state index >= 15 is 0 Å². The largest absolute Gasteiger partial charge is 1.00 e. The van der Waals surface area contributed by atoms with Gasteiger partial charge in [-0.25, -0.2) is 0 Å². The second-order valence-electron chi connectivity index (χ2n) is 14.1. The predicted octanol–water partition coefficient (Wildman–Crippen LogP) is 1.03. The van der Waals surface area contributed by atoms with Gasteiger partial charge in [0.05, 0.1) is 26.2 Å². The van der Waals surface area contributed by atoms with Crippen molar-refractivity contribution >= 4 is 5.78 Å². The van der Waals surface area contributed by atoms with Crippen molar-refractivity contribution in [3.63, 3.8) is 0 Å². The minimum atomic E-state index is -0.562.